The molecule has 0 fully saturated rings. The van der Waals surface area contributed by atoms with Crippen molar-refractivity contribution in [3.8, 4) is 0 Å². The van der Waals surface area contributed by atoms with Gasteiger partial charge >= 0.3 is 6.18 Å². The number of fused-ring (bicyclic) bond motifs is 1. The van der Waals surface area contributed by atoms with Crippen molar-refractivity contribution in [3.63, 3.8) is 0 Å². The number of amides is 1. The third-order valence-corrected chi connectivity index (χ3v) is 4.64. The lowest BCUT2D eigenvalue weighted by molar-refractivity contribution is -0.138. The Labute approximate surface area is 143 Å². The molecule has 0 saturated heterocycles. The maximum absolute atomic E-state index is 12.9. The van der Waals surface area contributed by atoms with Crippen LogP contribution >= 0.6 is 11.5 Å². The van der Waals surface area contributed by atoms with Gasteiger partial charge in [-0.05, 0) is 29.7 Å². The Kier molecular flexibility index (Phi) is 4.04. The molecule has 1 aromatic heterocycles. The number of benzene rings is 1. The summed E-state index contributed by atoms with van der Waals surface area (Å²) in [6, 6.07) is 4.53. The summed E-state index contributed by atoms with van der Waals surface area (Å²) in [5.41, 5.74) is -0.860. The number of alkyl halides is 3. The molecule has 6 nitrogen and oxygen atoms in total. The summed E-state index contributed by atoms with van der Waals surface area (Å²) in [5.74, 6) is -1.28. The van der Waals surface area contributed by atoms with Gasteiger partial charge in [-0.15, -0.1) is 0 Å². The minimum absolute atomic E-state index is 0.164. The number of anilines is 1. The number of hydrogen-bond acceptors (Lipinski definition) is 6. The first kappa shape index (κ1) is 17.4. The average molecular weight is 371 g/mol. The second-order valence-corrected chi connectivity index (χ2v) is 6.27. The highest BCUT2D eigenvalue weighted by Gasteiger charge is 2.44. The second-order valence-electron chi connectivity index (χ2n) is 5.46. The number of halogens is 3. The Balaban J connectivity index is 2.09. The monoisotopic (exact) mass is 371 g/mol. The number of aromatic nitrogens is 1. The van der Waals surface area contributed by atoms with E-state index in [0.29, 0.717) is 21.1 Å². The number of carbonyl (C=O) groups is 2. The number of Topliss-reactive ketones (excluding diaryl/α,β-unsaturated/α-hetero) is 1. The molecule has 1 aliphatic rings. The molecule has 0 spiro atoms. The Morgan fingerprint density at radius 2 is 2.04 bits per heavy atom. The van der Waals surface area contributed by atoms with Crippen molar-refractivity contribution in [2.45, 2.75) is 19.5 Å². The van der Waals surface area contributed by atoms with Crippen LogP contribution in [0.5, 0.6) is 0 Å². The van der Waals surface area contributed by atoms with Gasteiger partial charge in [0.2, 0.25) is 6.35 Å². The van der Waals surface area contributed by atoms with Crippen LogP contribution in [-0.4, -0.2) is 45.6 Å². The van der Waals surface area contributed by atoms with Gasteiger partial charge in [0.05, 0.1) is 4.70 Å². The van der Waals surface area contributed by atoms with E-state index in [-0.39, 0.29) is 17.2 Å². The number of hydrogen-bond donors (Lipinski definition) is 1. The zero-order valence-electron chi connectivity index (χ0n) is 13.0. The number of rotatable bonds is 2. The normalized spacial score (nSPS) is 18.7. The predicted octanol–water partition coefficient (Wildman–Crippen LogP) is 2.50. The molecular formula is C15H12F3N3O3S. The molecule has 2 heterocycles. The van der Waals surface area contributed by atoms with E-state index in [1.807, 2.05) is 0 Å². The van der Waals surface area contributed by atoms with Crippen molar-refractivity contribution in [1.29, 1.82) is 0 Å². The van der Waals surface area contributed by atoms with Crippen LogP contribution in [0.3, 0.4) is 0 Å². The van der Waals surface area contributed by atoms with E-state index in [4.69, 9.17) is 0 Å². The highest BCUT2D eigenvalue weighted by molar-refractivity contribution is 7.13. The maximum atomic E-state index is 12.9. The van der Waals surface area contributed by atoms with E-state index in [2.05, 4.69) is 4.37 Å². The number of nitrogens with zero attached hydrogens (tertiary/aromatic N) is 3. The molecule has 0 aliphatic carbocycles. The van der Waals surface area contributed by atoms with Crippen LogP contribution in [0.1, 0.15) is 17.4 Å². The van der Waals surface area contributed by atoms with Crippen LogP contribution in [0.2, 0.25) is 0 Å². The molecule has 1 amide bonds. The van der Waals surface area contributed by atoms with Crippen molar-refractivity contribution >= 4 is 39.0 Å². The van der Waals surface area contributed by atoms with Gasteiger partial charge in [0.25, 0.3) is 5.91 Å². The number of ketones is 1. The van der Waals surface area contributed by atoms with Gasteiger partial charge in [0, 0.05) is 31.1 Å². The molecular weight excluding hydrogens is 359 g/mol. The lowest BCUT2D eigenvalue weighted by atomic mass is 10.1. The topological polar surface area (TPSA) is 73.7 Å². The molecule has 25 heavy (non-hydrogen) atoms. The summed E-state index contributed by atoms with van der Waals surface area (Å²) >= 11 is 1.10. The van der Waals surface area contributed by atoms with Crippen molar-refractivity contribution in [1.82, 2.24) is 9.27 Å². The molecule has 10 heteroatoms. The second kappa shape index (κ2) is 5.81. The summed E-state index contributed by atoms with van der Waals surface area (Å²) in [4.78, 5) is 25.2. The molecule has 1 aliphatic heterocycles. The largest absolute Gasteiger partial charge is 0.431 e. The third-order valence-electron chi connectivity index (χ3n) is 3.81. The highest BCUT2D eigenvalue weighted by Crippen LogP contribution is 2.35. The minimum atomic E-state index is -4.76. The number of aliphatic hydroxyl groups is 1. The molecule has 1 N–H and O–H groups in total. The minimum Gasteiger partial charge on any atom is -0.356 e. The molecule has 3 rings (SSSR count). The first-order valence-corrected chi connectivity index (χ1v) is 7.82. The van der Waals surface area contributed by atoms with Crippen LogP contribution in [-0.2, 0) is 4.79 Å². The Morgan fingerprint density at radius 1 is 1.36 bits per heavy atom. The van der Waals surface area contributed by atoms with Gasteiger partial charge in [-0.1, -0.05) is 0 Å². The average Bonchev–Trinajstić information content (AvgIpc) is 2.93. The number of carbonyl (C=O) groups excluding carboxylic acids is 2. The summed E-state index contributed by atoms with van der Waals surface area (Å²) in [7, 11) is 1.04. The van der Waals surface area contributed by atoms with E-state index in [9.17, 15) is 27.9 Å². The van der Waals surface area contributed by atoms with Gasteiger partial charge < -0.3 is 10.0 Å². The van der Waals surface area contributed by atoms with Crippen molar-refractivity contribution in [2.24, 2.45) is 0 Å². The molecule has 0 saturated carbocycles. The fourth-order valence-electron chi connectivity index (χ4n) is 2.57. The number of aliphatic hydroxyl groups excluding tert-OH is 1. The fourth-order valence-corrected chi connectivity index (χ4v) is 3.37. The summed E-state index contributed by atoms with van der Waals surface area (Å²) in [5, 5.41) is 10.7. The lowest BCUT2D eigenvalue weighted by Gasteiger charge is -2.39. The molecule has 1 unspecified atom stereocenters. The SMILES string of the molecule is CC(=O)c1nsc2ccc(N3C(=O)C=C(C(F)(F)F)N(C)C3O)cc12. The van der Waals surface area contributed by atoms with E-state index in [0.717, 1.165) is 23.5 Å². The quantitative estimate of drug-likeness (QED) is 0.821. The van der Waals surface area contributed by atoms with Crippen molar-refractivity contribution < 1.29 is 27.9 Å². The van der Waals surface area contributed by atoms with Gasteiger partial charge in [-0.2, -0.15) is 17.5 Å². The first-order valence-electron chi connectivity index (χ1n) is 7.04. The van der Waals surface area contributed by atoms with Gasteiger partial charge in [-0.25, -0.2) is 0 Å². The van der Waals surface area contributed by atoms with Crippen LogP contribution in [0.15, 0.2) is 30.0 Å². The zero-order valence-corrected chi connectivity index (χ0v) is 13.9. The highest BCUT2D eigenvalue weighted by atomic mass is 32.1. The standard InChI is InChI=1S/C15H12F3N3O3S/c1-7(22)13-9-5-8(3-4-10(9)25-19-13)21-12(23)6-11(15(16,17)18)20(2)14(21)24/h3-6,14,24H,1-2H3. The summed E-state index contributed by atoms with van der Waals surface area (Å²) in [6.45, 7) is 1.34. The third kappa shape index (κ3) is 2.87. The smallest absolute Gasteiger partial charge is 0.356 e. The Morgan fingerprint density at radius 3 is 2.64 bits per heavy atom. The van der Waals surface area contributed by atoms with Gasteiger partial charge in [0.1, 0.15) is 11.4 Å². The maximum Gasteiger partial charge on any atom is 0.431 e. The van der Waals surface area contributed by atoms with Gasteiger partial charge in [-0.3, -0.25) is 14.5 Å². The predicted molar refractivity (Wildman–Crippen MR) is 85.0 cm³/mol. The molecule has 1 atom stereocenters. The lowest BCUT2D eigenvalue weighted by Crippen LogP contribution is -2.54. The van der Waals surface area contributed by atoms with Crippen molar-refractivity contribution in [3.05, 3.63) is 35.7 Å². The Hall–Kier alpha value is -2.46. The van der Waals surface area contributed by atoms with Crippen LogP contribution in [0, 0.1) is 0 Å². The van der Waals surface area contributed by atoms with E-state index in [1.165, 1.54) is 19.1 Å². The molecule has 1 aromatic carbocycles. The van der Waals surface area contributed by atoms with Crippen LogP contribution in [0.25, 0.3) is 10.1 Å². The van der Waals surface area contributed by atoms with Crippen molar-refractivity contribution in [2.75, 3.05) is 11.9 Å². The zero-order chi connectivity index (χ0) is 18.5. The Bertz CT molecular complexity index is 906. The summed E-state index contributed by atoms with van der Waals surface area (Å²) < 4.78 is 43.5. The van der Waals surface area contributed by atoms with Gasteiger partial charge in [0.15, 0.2) is 5.78 Å². The molecule has 0 bridgehead atoms. The van der Waals surface area contributed by atoms with Crippen LogP contribution in [0.4, 0.5) is 18.9 Å². The molecule has 132 valence electrons. The fraction of sp³-hybridized carbons (Fsp3) is 0.267. The van der Waals surface area contributed by atoms with Crippen LogP contribution < -0.4 is 4.90 Å². The van der Waals surface area contributed by atoms with E-state index < -0.39 is 24.1 Å². The first-order chi connectivity index (χ1) is 11.6. The number of allylic oxidation sites excluding steroid dienone is 1. The molecule has 2 aromatic rings. The summed E-state index contributed by atoms with van der Waals surface area (Å²) in [6.07, 6.45) is -6.17. The molecule has 0 radical (unpaired) electrons. The van der Waals surface area contributed by atoms with E-state index in [1.54, 1.807) is 6.07 Å². The van der Waals surface area contributed by atoms with E-state index >= 15 is 0 Å².